The number of anilines is 1. The van der Waals surface area contributed by atoms with Crippen molar-refractivity contribution in [2.75, 3.05) is 18.0 Å². The number of nitrogens with one attached hydrogen (secondary N) is 2. The summed E-state index contributed by atoms with van der Waals surface area (Å²) in [7, 11) is 1.97. The van der Waals surface area contributed by atoms with E-state index in [0.29, 0.717) is 12.6 Å². The van der Waals surface area contributed by atoms with Gasteiger partial charge in [-0.25, -0.2) is 9.38 Å². The standard InChI is InChI=1S/C22H32FN7.HI/c1-16-27-28-21(29(16)2)14-24-22(25-18-8-3-4-9-18)26-19-10-6-12-30(15-19)20-11-5-7-17(23)13-20;/h5,7,11,13,18-19H,3-4,6,8-10,12,14-15H2,1-2H3,(H2,24,25,26);1H. The normalized spacial score (nSPS) is 19.9. The van der Waals surface area contributed by atoms with Crippen molar-refractivity contribution >= 4 is 35.6 Å². The zero-order valence-corrected chi connectivity index (χ0v) is 20.7. The Hall–Kier alpha value is -1.91. The van der Waals surface area contributed by atoms with Crippen molar-refractivity contribution < 1.29 is 4.39 Å². The van der Waals surface area contributed by atoms with Gasteiger partial charge in [-0.3, -0.25) is 0 Å². The van der Waals surface area contributed by atoms with Crippen molar-refractivity contribution in [1.82, 2.24) is 25.4 Å². The molecule has 9 heteroatoms. The average molecular weight is 541 g/mol. The first-order chi connectivity index (χ1) is 14.6. The van der Waals surface area contributed by atoms with E-state index in [-0.39, 0.29) is 35.8 Å². The predicted octanol–water partition coefficient (Wildman–Crippen LogP) is 3.53. The molecule has 1 aromatic heterocycles. The third-order valence-electron chi connectivity index (χ3n) is 6.19. The van der Waals surface area contributed by atoms with Gasteiger partial charge in [0.2, 0.25) is 0 Å². The summed E-state index contributed by atoms with van der Waals surface area (Å²) >= 11 is 0. The Balaban J connectivity index is 0.00000272. The summed E-state index contributed by atoms with van der Waals surface area (Å²) in [5, 5.41) is 15.6. The van der Waals surface area contributed by atoms with Gasteiger partial charge in [-0.1, -0.05) is 18.9 Å². The van der Waals surface area contributed by atoms with E-state index < -0.39 is 0 Å². The number of halogens is 2. The van der Waals surface area contributed by atoms with Crippen LogP contribution < -0.4 is 15.5 Å². The Bertz CT molecular complexity index is 878. The van der Waals surface area contributed by atoms with Crippen LogP contribution in [-0.4, -0.2) is 45.9 Å². The maximum Gasteiger partial charge on any atom is 0.192 e. The molecule has 1 unspecified atom stereocenters. The molecule has 1 atom stereocenters. The van der Waals surface area contributed by atoms with Crippen LogP contribution in [0.15, 0.2) is 29.3 Å². The van der Waals surface area contributed by atoms with Crippen LogP contribution in [0, 0.1) is 12.7 Å². The molecule has 0 radical (unpaired) electrons. The highest BCUT2D eigenvalue weighted by molar-refractivity contribution is 14.0. The quantitative estimate of drug-likeness (QED) is 0.345. The minimum absolute atomic E-state index is 0. The van der Waals surface area contributed by atoms with Crippen LogP contribution in [-0.2, 0) is 13.6 Å². The van der Waals surface area contributed by atoms with E-state index in [2.05, 4.69) is 25.7 Å². The smallest absolute Gasteiger partial charge is 0.192 e. The third kappa shape index (κ3) is 6.30. The Morgan fingerprint density at radius 1 is 1.13 bits per heavy atom. The van der Waals surface area contributed by atoms with E-state index in [1.165, 1.54) is 31.7 Å². The van der Waals surface area contributed by atoms with Crippen LogP contribution in [0.5, 0.6) is 0 Å². The molecule has 1 aliphatic heterocycles. The van der Waals surface area contributed by atoms with Crippen molar-refractivity contribution in [3.63, 3.8) is 0 Å². The second-order valence-corrected chi connectivity index (χ2v) is 8.42. The first kappa shape index (κ1) is 23.7. The summed E-state index contributed by atoms with van der Waals surface area (Å²) < 4.78 is 15.6. The Labute approximate surface area is 200 Å². The van der Waals surface area contributed by atoms with Crippen LogP contribution in [0.2, 0.25) is 0 Å². The van der Waals surface area contributed by atoms with Crippen molar-refractivity contribution in [1.29, 1.82) is 0 Å². The van der Waals surface area contributed by atoms with E-state index >= 15 is 0 Å². The van der Waals surface area contributed by atoms with E-state index in [4.69, 9.17) is 4.99 Å². The summed E-state index contributed by atoms with van der Waals surface area (Å²) in [6, 6.07) is 7.60. The number of rotatable bonds is 5. The zero-order chi connectivity index (χ0) is 20.9. The number of nitrogens with zero attached hydrogens (tertiary/aromatic N) is 5. The molecule has 1 saturated heterocycles. The van der Waals surface area contributed by atoms with Crippen LogP contribution in [0.4, 0.5) is 10.1 Å². The SMILES string of the molecule is Cc1nnc(CN=C(NC2CCCC2)NC2CCCN(c3cccc(F)c3)C2)n1C.I. The van der Waals surface area contributed by atoms with Gasteiger partial charge in [0.25, 0.3) is 0 Å². The number of guanidine groups is 1. The first-order valence-corrected chi connectivity index (χ1v) is 11.0. The van der Waals surface area contributed by atoms with Gasteiger partial charge in [-0.15, -0.1) is 34.2 Å². The van der Waals surface area contributed by atoms with Crippen molar-refractivity contribution in [3.8, 4) is 0 Å². The number of aliphatic imine (C=N–C) groups is 1. The molecular formula is C22H33FIN7. The Morgan fingerprint density at radius 2 is 1.87 bits per heavy atom. The molecule has 2 aromatic rings. The minimum atomic E-state index is -0.188. The lowest BCUT2D eigenvalue weighted by Crippen LogP contribution is -2.52. The molecule has 1 aromatic carbocycles. The molecule has 7 nitrogen and oxygen atoms in total. The Kier molecular flexibility index (Phi) is 8.50. The lowest BCUT2D eigenvalue weighted by molar-refractivity contribution is 0.462. The van der Waals surface area contributed by atoms with Crippen molar-refractivity contribution in [3.05, 3.63) is 41.7 Å². The number of hydrogen-bond donors (Lipinski definition) is 2. The summed E-state index contributed by atoms with van der Waals surface area (Å²) in [6.07, 6.45) is 7.04. The molecule has 0 bridgehead atoms. The fourth-order valence-electron chi connectivity index (χ4n) is 4.33. The second-order valence-electron chi connectivity index (χ2n) is 8.42. The summed E-state index contributed by atoms with van der Waals surface area (Å²) in [4.78, 5) is 7.08. The van der Waals surface area contributed by atoms with Gasteiger partial charge < -0.3 is 20.1 Å². The molecule has 0 amide bonds. The maximum atomic E-state index is 13.7. The third-order valence-corrected chi connectivity index (χ3v) is 6.19. The number of piperidine rings is 1. The van der Waals surface area contributed by atoms with E-state index in [1.807, 2.05) is 24.6 Å². The number of aromatic nitrogens is 3. The number of benzene rings is 1. The molecule has 2 heterocycles. The highest BCUT2D eigenvalue weighted by Gasteiger charge is 2.23. The van der Waals surface area contributed by atoms with Gasteiger partial charge in [0.1, 0.15) is 18.2 Å². The van der Waals surface area contributed by atoms with Crippen LogP contribution in [0.25, 0.3) is 0 Å². The summed E-state index contributed by atoms with van der Waals surface area (Å²) in [5.41, 5.74) is 0.943. The van der Waals surface area contributed by atoms with E-state index in [1.54, 1.807) is 12.1 Å². The minimum Gasteiger partial charge on any atom is -0.369 e. The van der Waals surface area contributed by atoms with Crippen LogP contribution in [0.1, 0.15) is 50.2 Å². The van der Waals surface area contributed by atoms with Crippen LogP contribution in [0.3, 0.4) is 0 Å². The molecule has 31 heavy (non-hydrogen) atoms. The van der Waals surface area contributed by atoms with E-state index in [9.17, 15) is 4.39 Å². The first-order valence-electron chi connectivity index (χ1n) is 11.0. The fourth-order valence-corrected chi connectivity index (χ4v) is 4.33. The molecule has 2 N–H and O–H groups in total. The monoisotopic (exact) mass is 541 g/mol. The van der Waals surface area contributed by atoms with Crippen LogP contribution >= 0.6 is 24.0 Å². The van der Waals surface area contributed by atoms with Gasteiger partial charge in [0.15, 0.2) is 11.8 Å². The largest absolute Gasteiger partial charge is 0.369 e. The number of aryl methyl sites for hydroxylation is 1. The van der Waals surface area contributed by atoms with E-state index in [0.717, 1.165) is 49.2 Å². The molecule has 2 fully saturated rings. The molecule has 2 aliphatic rings. The molecule has 4 rings (SSSR count). The highest BCUT2D eigenvalue weighted by atomic mass is 127. The molecule has 170 valence electrons. The molecule has 1 saturated carbocycles. The Morgan fingerprint density at radius 3 is 2.58 bits per heavy atom. The van der Waals surface area contributed by atoms with Gasteiger partial charge in [0, 0.05) is 37.9 Å². The lowest BCUT2D eigenvalue weighted by atomic mass is 10.0. The summed E-state index contributed by atoms with van der Waals surface area (Å²) in [5.74, 6) is 2.39. The number of hydrogen-bond acceptors (Lipinski definition) is 4. The molecule has 1 aliphatic carbocycles. The lowest BCUT2D eigenvalue weighted by Gasteiger charge is -2.35. The highest BCUT2D eigenvalue weighted by Crippen LogP contribution is 2.21. The second kappa shape index (κ2) is 11.1. The van der Waals surface area contributed by atoms with Crippen molar-refractivity contribution in [2.45, 2.75) is 64.1 Å². The zero-order valence-electron chi connectivity index (χ0n) is 18.4. The molecule has 0 spiro atoms. The van der Waals surface area contributed by atoms with Crippen molar-refractivity contribution in [2.24, 2.45) is 12.0 Å². The maximum absolute atomic E-state index is 13.7. The van der Waals surface area contributed by atoms with Gasteiger partial charge >= 0.3 is 0 Å². The summed E-state index contributed by atoms with van der Waals surface area (Å²) in [6.45, 7) is 4.21. The molecular weight excluding hydrogens is 508 g/mol. The topological polar surface area (TPSA) is 70.4 Å². The predicted molar refractivity (Wildman–Crippen MR) is 132 cm³/mol. The van der Waals surface area contributed by atoms with Gasteiger partial charge in [-0.2, -0.15) is 0 Å². The average Bonchev–Trinajstić information content (AvgIpc) is 3.37. The fraction of sp³-hybridized carbons (Fsp3) is 0.591. The van der Waals surface area contributed by atoms with Gasteiger partial charge in [-0.05, 0) is 50.8 Å². The van der Waals surface area contributed by atoms with Gasteiger partial charge in [0.05, 0.1) is 0 Å².